The zero-order valence-corrected chi connectivity index (χ0v) is 16.2. The minimum absolute atomic E-state index is 0.00609. The number of anilines is 2. The zero-order valence-electron chi connectivity index (χ0n) is 15.4. The molecular formula is C19H16ClF4N5O. The Morgan fingerprint density at radius 1 is 1.20 bits per heavy atom. The van der Waals surface area contributed by atoms with Crippen LogP contribution in [-0.4, -0.2) is 40.3 Å². The second-order valence-electron chi connectivity index (χ2n) is 6.79. The molecule has 3 heterocycles. The second kappa shape index (κ2) is 8.19. The molecule has 30 heavy (non-hydrogen) atoms. The molecule has 158 valence electrons. The number of hydrogen-bond acceptors (Lipinski definition) is 6. The van der Waals surface area contributed by atoms with Crippen LogP contribution in [-0.2, 0) is 6.42 Å². The van der Waals surface area contributed by atoms with Crippen LogP contribution in [0.4, 0.5) is 29.1 Å². The Morgan fingerprint density at radius 3 is 2.77 bits per heavy atom. The maximum Gasteiger partial charge on any atom is 0.393 e. The molecule has 1 aliphatic rings. The van der Waals surface area contributed by atoms with E-state index >= 15 is 0 Å². The molecule has 0 amide bonds. The van der Waals surface area contributed by atoms with Crippen molar-refractivity contribution in [2.75, 3.05) is 18.4 Å². The first-order valence-electron chi connectivity index (χ1n) is 9.10. The van der Waals surface area contributed by atoms with E-state index in [1.54, 1.807) is 12.1 Å². The minimum Gasteiger partial charge on any atom is -0.473 e. The molecule has 6 nitrogen and oxygen atoms in total. The number of halogens is 5. The molecule has 0 radical (unpaired) electrons. The molecule has 1 saturated heterocycles. The summed E-state index contributed by atoms with van der Waals surface area (Å²) in [6.07, 6.45) is -3.70. The van der Waals surface area contributed by atoms with Gasteiger partial charge in [0.2, 0.25) is 5.88 Å². The van der Waals surface area contributed by atoms with Gasteiger partial charge in [0, 0.05) is 12.6 Å². The molecule has 1 aromatic carbocycles. The molecule has 1 aliphatic heterocycles. The van der Waals surface area contributed by atoms with Gasteiger partial charge >= 0.3 is 6.18 Å². The van der Waals surface area contributed by atoms with E-state index < -0.39 is 23.4 Å². The van der Waals surface area contributed by atoms with Crippen molar-refractivity contribution in [1.82, 2.24) is 20.3 Å². The number of fused-ring (bicyclic) bond motifs is 1. The van der Waals surface area contributed by atoms with Crippen molar-refractivity contribution in [3.05, 3.63) is 47.0 Å². The third-order valence-corrected chi connectivity index (χ3v) is 4.97. The summed E-state index contributed by atoms with van der Waals surface area (Å²) in [5.74, 6) is -0.462. The number of ether oxygens (including phenoxy) is 1. The third kappa shape index (κ3) is 4.54. The second-order valence-corrected chi connectivity index (χ2v) is 7.17. The Bertz CT molecular complexity index is 1070. The van der Waals surface area contributed by atoms with Gasteiger partial charge < -0.3 is 15.4 Å². The van der Waals surface area contributed by atoms with Crippen LogP contribution in [0, 0.1) is 5.82 Å². The lowest BCUT2D eigenvalue weighted by Crippen LogP contribution is -2.20. The summed E-state index contributed by atoms with van der Waals surface area (Å²) in [5.41, 5.74) is 0.346. The van der Waals surface area contributed by atoms with Gasteiger partial charge in [-0.3, -0.25) is 0 Å². The number of nitrogens with zero attached hydrogens (tertiary/aromatic N) is 3. The van der Waals surface area contributed by atoms with Crippen LogP contribution in [0.5, 0.6) is 5.88 Å². The molecule has 4 rings (SSSR count). The van der Waals surface area contributed by atoms with E-state index in [4.69, 9.17) is 16.3 Å². The maximum atomic E-state index is 14.6. The van der Waals surface area contributed by atoms with Crippen molar-refractivity contribution in [2.45, 2.75) is 25.1 Å². The van der Waals surface area contributed by atoms with Crippen molar-refractivity contribution < 1.29 is 22.3 Å². The van der Waals surface area contributed by atoms with Gasteiger partial charge in [0.25, 0.3) is 0 Å². The molecule has 1 fully saturated rings. The monoisotopic (exact) mass is 441 g/mol. The minimum atomic E-state index is -4.50. The quantitative estimate of drug-likeness (QED) is 0.572. The largest absolute Gasteiger partial charge is 0.473 e. The normalized spacial score (nSPS) is 16.8. The van der Waals surface area contributed by atoms with Crippen molar-refractivity contribution in [3.8, 4) is 5.88 Å². The van der Waals surface area contributed by atoms with Crippen LogP contribution >= 0.6 is 11.6 Å². The fourth-order valence-corrected chi connectivity index (χ4v) is 3.38. The molecule has 0 aliphatic carbocycles. The van der Waals surface area contributed by atoms with Gasteiger partial charge in [-0.25, -0.2) is 19.3 Å². The van der Waals surface area contributed by atoms with Crippen molar-refractivity contribution >= 4 is 34.1 Å². The SMILES string of the molecule is Fc1c(Nc2ncnc3ccc(O[C@H]4CCNC4)nc23)ccc(CC(F)(F)F)c1Cl. The molecule has 2 aromatic heterocycles. The third-order valence-electron chi connectivity index (χ3n) is 4.57. The highest BCUT2D eigenvalue weighted by Crippen LogP contribution is 2.33. The number of hydrogen-bond donors (Lipinski definition) is 2. The molecule has 11 heteroatoms. The molecule has 3 aromatic rings. The van der Waals surface area contributed by atoms with Crippen LogP contribution in [0.1, 0.15) is 12.0 Å². The Labute approximate surface area is 173 Å². The van der Waals surface area contributed by atoms with Crippen LogP contribution in [0.2, 0.25) is 5.02 Å². The van der Waals surface area contributed by atoms with E-state index in [-0.39, 0.29) is 23.2 Å². The molecule has 1 atom stereocenters. The highest BCUT2D eigenvalue weighted by Gasteiger charge is 2.30. The Hall–Kier alpha value is -2.72. The predicted octanol–water partition coefficient (Wildman–Crippen LogP) is 4.41. The molecular weight excluding hydrogens is 426 g/mol. The molecule has 0 spiro atoms. The average Bonchev–Trinajstić information content (AvgIpc) is 3.20. The Balaban J connectivity index is 1.64. The van der Waals surface area contributed by atoms with Gasteiger partial charge in [-0.15, -0.1) is 0 Å². The predicted molar refractivity (Wildman–Crippen MR) is 104 cm³/mol. The number of benzene rings is 1. The number of aromatic nitrogens is 3. The lowest BCUT2D eigenvalue weighted by molar-refractivity contribution is -0.127. The van der Waals surface area contributed by atoms with E-state index in [1.165, 1.54) is 12.4 Å². The van der Waals surface area contributed by atoms with Gasteiger partial charge in [-0.1, -0.05) is 17.7 Å². The van der Waals surface area contributed by atoms with E-state index in [9.17, 15) is 17.6 Å². The summed E-state index contributed by atoms with van der Waals surface area (Å²) in [6, 6.07) is 5.68. The summed E-state index contributed by atoms with van der Waals surface area (Å²) >= 11 is 5.82. The molecule has 0 unspecified atom stereocenters. The zero-order chi connectivity index (χ0) is 21.3. The summed E-state index contributed by atoms with van der Waals surface area (Å²) in [5, 5.41) is 5.34. The molecule has 2 N–H and O–H groups in total. The highest BCUT2D eigenvalue weighted by atomic mass is 35.5. The lowest BCUT2D eigenvalue weighted by atomic mass is 10.1. The Kier molecular flexibility index (Phi) is 5.61. The maximum absolute atomic E-state index is 14.6. The fraction of sp³-hybridized carbons (Fsp3) is 0.316. The van der Waals surface area contributed by atoms with Crippen molar-refractivity contribution in [2.24, 2.45) is 0 Å². The summed E-state index contributed by atoms with van der Waals surface area (Å²) in [4.78, 5) is 12.6. The first kappa shape index (κ1) is 20.5. The van der Waals surface area contributed by atoms with E-state index in [0.29, 0.717) is 23.5 Å². The number of pyridine rings is 1. The van der Waals surface area contributed by atoms with E-state index in [1.807, 2.05) is 0 Å². The fourth-order valence-electron chi connectivity index (χ4n) is 3.14. The van der Waals surface area contributed by atoms with Crippen LogP contribution in [0.25, 0.3) is 11.0 Å². The van der Waals surface area contributed by atoms with Gasteiger partial charge in [-0.05, 0) is 30.7 Å². The number of nitrogens with one attached hydrogen (secondary N) is 2. The van der Waals surface area contributed by atoms with Gasteiger partial charge in [0.05, 0.1) is 22.6 Å². The smallest absolute Gasteiger partial charge is 0.393 e. The highest BCUT2D eigenvalue weighted by molar-refractivity contribution is 6.31. The summed E-state index contributed by atoms with van der Waals surface area (Å²) < 4.78 is 58.3. The standard InChI is InChI=1S/C19H16ClF4N5O/c20-15-10(7-19(22,23)24)1-2-12(16(15)21)28-18-17-13(26-9-27-18)3-4-14(29-17)30-11-5-6-25-8-11/h1-4,9,11,25H,5-8H2,(H,26,27,28)/t11-/m0/s1. The summed E-state index contributed by atoms with van der Waals surface area (Å²) in [7, 11) is 0. The first-order valence-corrected chi connectivity index (χ1v) is 9.48. The van der Waals surface area contributed by atoms with Crippen molar-refractivity contribution in [1.29, 1.82) is 0 Å². The molecule has 0 saturated carbocycles. The van der Waals surface area contributed by atoms with E-state index in [0.717, 1.165) is 19.0 Å². The number of rotatable bonds is 5. The van der Waals surface area contributed by atoms with E-state index in [2.05, 4.69) is 25.6 Å². The molecule has 0 bridgehead atoms. The number of alkyl halides is 3. The van der Waals surface area contributed by atoms with Crippen LogP contribution in [0.3, 0.4) is 0 Å². The summed E-state index contributed by atoms with van der Waals surface area (Å²) in [6.45, 7) is 1.57. The Morgan fingerprint density at radius 2 is 2.03 bits per heavy atom. The average molecular weight is 442 g/mol. The van der Waals surface area contributed by atoms with Gasteiger partial charge in [0.1, 0.15) is 17.9 Å². The van der Waals surface area contributed by atoms with Crippen LogP contribution < -0.4 is 15.4 Å². The first-order chi connectivity index (χ1) is 14.3. The van der Waals surface area contributed by atoms with Crippen LogP contribution in [0.15, 0.2) is 30.6 Å². The van der Waals surface area contributed by atoms with Gasteiger partial charge in [-0.2, -0.15) is 13.2 Å². The topological polar surface area (TPSA) is 72.0 Å². The van der Waals surface area contributed by atoms with Crippen molar-refractivity contribution in [3.63, 3.8) is 0 Å². The van der Waals surface area contributed by atoms with Gasteiger partial charge in [0.15, 0.2) is 11.6 Å². The lowest BCUT2D eigenvalue weighted by Gasteiger charge is -2.14.